The van der Waals surface area contributed by atoms with E-state index in [9.17, 15) is 0 Å². The molecule has 0 aromatic rings. The summed E-state index contributed by atoms with van der Waals surface area (Å²) in [7, 11) is 0. The number of halogens is 1. The molecule has 1 rings (SSSR count). The molecule has 1 fully saturated rings. The lowest BCUT2D eigenvalue weighted by molar-refractivity contribution is 0.363. The first-order valence-corrected chi connectivity index (χ1v) is 5.26. The van der Waals surface area contributed by atoms with E-state index in [2.05, 4.69) is 33.8 Å². The topological polar surface area (TPSA) is 9.23 Å². The quantitative estimate of drug-likeness (QED) is 0.567. The fourth-order valence-corrected chi connectivity index (χ4v) is 2.25. The number of rotatable bonds is 3. The maximum atomic E-state index is 5.15. The first-order valence-electron chi connectivity index (χ1n) is 4.38. The fraction of sp³-hybridized carbons (Fsp3) is 0.800. The van der Waals surface area contributed by atoms with Gasteiger partial charge in [0.05, 0.1) is 6.61 Å². The summed E-state index contributed by atoms with van der Waals surface area (Å²) in [5.74, 6) is 1.46. The Morgan fingerprint density at radius 2 is 2.08 bits per heavy atom. The van der Waals surface area contributed by atoms with Crippen molar-refractivity contribution in [2.45, 2.75) is 27.7 Å². The van der Waals surface area contributed by atoms with E-state index < -0.39 is 0 Å². The Hall–Kier alpha value is 0.430. The smallest absolute Gasteiger partial charge is 0.109 e. The van der Waals surface area contributed by atoms with Gasteiger partial charge in [0.1, 0.15) is 23.0 Å². The van der Waals surface area contributed by atoms with Gasteiger partial charge in [-0.2, -0.15) is 0 Å². The highest BCUT2D eigenvalue weighted by Crippen LogP contribution is 2.59. The molecule has 1 saturated carbocycles. The maximum absolute atomic E-state index is 5.15. The zero-order chi connectivity index (χ0) is 9.35. The molecule has 0 aromatic heterocycles. The van der Waals surface area contributed by atoms with Crippen molar-refractivity contribution in [3.63, 3.8) is 0 Å². The van der Waals surface area contributed by atoms with E-state index in [1.165, 1.54) is 5.57 Å². The molecule has 1 aliphatic rings. The first kappa shape index (κ1) is 10.5. The SMILES string of the molecule is CC(C)=C[C@H]1[C@H](COI)C1(C)C. The lowest BCUT2D eigenvalue weighted by atomic mass is 10.1. The van der Waals surface area contributed by atoms with Crippen LogP contribution in [0.5, 0.6) is 0 Å². The molecule has 2 heteroatoms. The van der Waals surface area contributed by atoms with Crippen LogP contribution < -0.4 is 0 Å². The first-order chi connectivity index (χ1) is 5.50. The summed E-state index contributed by atoms with van der Waals surface area (Å²) in [4.78, 5) is 0. The highest BCUT2D eigenvalue weighted by molar-refractivity contribution is 14.1. The van der Waals surface area contributed by atoms with Gasteiger partial charge in [0.2, 0.25) is 0 Å². The molecule has 2 atom stereocenters. The molecule has 0 spiro atoms. The van der Waals surface area contributed by atoms with Crippen molar-refractivity contribution in [3.05, 3.63) is 11.6 Å². The van der Waals surface area contributed by atoms with Crippen LogP contribution in [0.1, 0.15) is 27.7 Å². The molecule has 0 aliphatic heterocycles. The van der Waals surface area contributed by atoms with Gasteiger partial charge in [0.15, 0.2) is 0 Å². The third kappa shape index (κ3) is 2.02. The number of hydrogen-bond acceptors (Lipinski definition) is 1. The molecule has 70 valence electrons. The predicted octanol–water partition coefficient (Wildman–Crippen LogP) is 3.59. The summed E-state index contributed by atoms with van der Waals surface area (Å²) in [5, 5.41) is 0. The van der Waals surface area contributed by atoms with Crippen LogP contribution >= 0.6 is 23.0 Å². The van der Waals surface area contributed by atoms with Crippen molar-refractivity contribution in [1.82, 2.24) is 0 Å². The largest absolute Gasteiger partial charge is 0.315 e. The molecule has 0 amide bonds. The minimum absolute atomic E-state index is 0.461. The van der Waals surface area contributed by atoms with Crippen molar-refractivity contribution in [2.75, 3.05) is 6.61 Å². The summed E-state index contributed by atoms with van der Waals surface area (Å²) in [6.45, 7) is 9.85. The van der Waals surface area contributed by atoms with Crippen LogP contribution in [-0.2, 0) is 3.07 Å². The standard InChI is InChI=1S/C10H17IO/c1-7(2)5-8-9(6-12-11)10(8,3)4/h5,8-9H,6H2,1-4H3/t8-,9-/m0/s1. The Morgan fingerprint density at radius 1 is 1.50 bits per heavy atom. The Morgan fingerprint density at radius 3 is 2.50 bits per heavy atom. The van der Waals surface area contributed by atoms with Gasteiger partial charge in [-0.3, -0.25) is 0 Å². The average molecular weight is 280 g/mol. The second kappa shape index (κ2) is 3.66. The average Bonchev–Trinajstić information content (AvgIpc) is 2.39. The highest BCUT2D eigenvalue weighted by Gasteiger charge is 2.55. The summed E-state index contributed by atoms with van der Waals surface area (Å²) in [5.41, 5.74) is 1.88. The van der Waals surface area contributed by atoms with E-state index in [0.29, 0.717) is 5.41 Å². The summed E-state index contributed by atoms with van der Waals surface area (Å²) >= 11 is 1.98. The van der Waals surface area contributed by atoms with Crippen LogP contribution in [0.4, 0.5) is 0 Å². The second-order valence-electron chi connectivity index (χ2n) is 4.47. The van der Waals surface area contributed by atoms with Gasteiger partial charge in [-0.1, -0.05) is 25.5 Å². The van der Waals surface area contributed by atoms with E-state index in [1.54, 1.807) is 0 Å². The fourth-order valence-electron chi connectivity index (χ4n) is 1.86. The Kier molecular flexibility index (Phi) is 3.21. The molecular weight excluding hydrogens is 263 g/mol. The predicted molar refractivity (Wildman–Crippen MR) is 60.2 cm³/mol. The van der Waals surface area contributed by atoms with Gasteiger partial charge in [0.25, 0.3) is 0 Å². The third-order valence-electron chi connectivity index (χ3n) is 2.89. The normalized spacial score (nSPS) is 31.4. The van der Waals surface area contributed by atoms with Crippen molar-refractivity contribution in [2.24, 2.45) is 17.3 Å². The number of allylic oxidation sites excluding steroid dienone is 2. The molecule has 12 heavy (non-hydrogen) atoms. The molecular formula is C10H17IO. The lowest BCUT2D eigenvalue weighted by Crippen LogP contribution is -1.94. The van der Waals surface area contributed by atoms with Gasteiger partial charge >= 0.3 is 0 Å². The number of hydrogen-bond donors (Lipinski definition) is 0. The van der Waals surface area contributed by atoms with Crippen molar-refractivity contribution in [3.8, 4) is 0 Å². The van der Waals surface area contributed by atoms with Crippen molar-refractivity contribution >= 4 is 23.0 Å². The van der Waals surface area contributed by atoms with E-state index in [1.807, 2.05) is 23.0 Å². The molecule has 1 aliphatic carbocycles. The van der Waals surface area contributed by atoms with E-state index >= 15 is 0 Å². The van der Waals surface area contributed by atoms with Gasteiger partial charge in [0, 0.05) is 0 Å². The summed E-state index contributed by atoms with van der Waals surface area (Å²) in [6, 6.07) is 0. The van der Waals surface area contributed by atoms with Crippen LogP contribution in [0.2, 0.25) is 0 Å². The highest BCUT2D eigenvalue weighted by atomic mass is 127. The van der Waals surface area contributed by atoms with Crippen LogP contribution in [0, 0.1) is 17.3 Å². The monoisotopic (exact) mass is 280 g/mol. The molecule has 0 saturated heterocycles. The zero-order valence-electron chi connectivity index (χ0n) is 8.23. The van der Waals surface area contributed by atoms with Crippen LogP contribution in [0.15, 0.2) is 11.6 Å². The van der Waals surface area contributed by atoms with Gasteiger partial charge in [-0.25, -0.2) is 0 Å². The van der Waals surface area contributed by atoms with E-state index in [-0.39, 0.29) is 0 Å². The van der Waals surface area contributed by atoms with E-state index in [4.69, 9.17) is 3.07 Å². The maximum Gasteiger partial charge on any atom is 0.109 e. The molecule has 0 heterocycles. The summed E-state index contributed by atoms with van der Waals surface area (Å²) < 4.78 is 5.15. The van der Waals surface area contributed by atoms with Crippen molar-refractivity contribution < 1.29 is 3.07 Å². The molecule has 0 unspecified atom stereocenters. The molecule has 0 radical (unpaired) electrons. The Bertz CT molecular complexity index is 192. The molecule has 0 N–H and O–H groups in total. The molecule has 0 aromatic carbocycles. The Labute approximate surface area is 89.3 Å². The third-order valence-corrected chi connectivity index (χ3v) is 3.25. The molecule has 0 bridgehead atoms. The zero-order valence-corrected chi connectivity index (χ0v) is 10.4. The molecule has 1 nitrogen and oxygen atoms in total. The van der Waals surface area contributed by atoms with Crippen molar-refractivity contribution in [1.29, 1.82) is 0 Å². The Balaban J connectivity index is 2.54. The van der Waals surface area contributed by atoms with Gasteiger partial charge in [-0.05, 0) is 31.1 Å². The van der Waals surface area contributed by atoms with Gasteiger partial charge < -0.3 is 3.07 Å². The lowest BCUT2D eigenvalue weighted by Gasteiger charge is -1.98. The van der Waals surface area contributed by atoms with Crippen LogP contribution in [0.25, 0.3) is 0 Å². The summed E-state index contributed by atoms with van der Waals surface area (Å²) in [6.07, 6.45) is 2.38. The van der Waals surface area contributed by atoms with E-state index in [0.717, 1.165) is 18.4 Å². The minimum atomic E-state index is 0.461. The van der Waals surface area contributed by atoms with Crippen LogP contribution in [0.3, 0.4) is 0 Å². The van der Waals surface area contributed by atoms with Crippen LogP contribution in [-0.4, -0.2) is 6.61 Å². The minimum Gasteiger partial charge on any atom is -0.315 e. The second-order valence-corrected chi connectivity index (χ2v) is 5.10. The van der Waals surface area contributed by atoms with Gasteiger partial charge in [-0.15, -0.1) is 0 Å².